The van der Waals surface area contributed by atoms with Gasteiger partial charge in [-0.15, -0.1) is 0 Å². The van der Waals surface area contributed by atoms with Gasteiger partial charge in [0.05, 0.1) is 16.2 Å². The van der Waals surface area contributed by atoms with E-state index in [1.54, 1.807) is 12.1 Å². The van der Waals surface area contributed by atoms with E-state index in [-0.39, 0.29) is 0 Å². The first kappa shape index (κ1) is 11.6. The van der Waals surface area contributed by atoms with Crippen LogP contribution in [0.4, 0.5) is 4.39 Å². The highest BCUT2D eigenvalue weighted by Gasteiger charge is 2.11. The average molecular weight is 277 g/mol. The van der Waals surface area contributed by atoms with Crippen LogP contribution in [0.3, 0.4) is 0 Å². The largest absolute Gasteiger partial charge is 0.261 e. The first-order valence-electron chi connectivity index (χ1n) is 4.33. The van der Waals surface area contributed by atoms with Crippen molar-refractivity contribution in [3.8, 4) is 11.1 Å². The minimum atomic E-state index is -0.445. The molecule has 0 aliphatic rings. The van der Waals surface area contributed by atoms with Crippen LogP contribution < -0.4 is 0 Å². The molecule has 0 amide bonds. The highest BCUT2D eigenvalue weighted by atomic mass is 35.5. The third-order valence-electron chi connectivity index (χ3n) is 2.00. The van der Waals surface area contributed by atoms with Gasteiger partial charge in [-0.05, 0) is 18.2 Å². The summed E-state index contributed by atoms with van der Waals surface area (Å²) in [5, 5.41) is 1.16. The van der Waals surface area contributed by atoms with E-state index < -0.39 is 5.82 Å². The molecule has 2 aromatic rings. The zero-order valence-corrected chi connectivity index (χ0v) is 10.1. The van der Waals surface area contributed by atoms with E-state index in [9.17, 15) is 4.39 Å². The normalized spacial score (nSPS) is 10.5. The Morgan fingerprint density at radius 3 is 2.12 bits per heavy atom. The van der Waals surface area contributed by atoms with E-state index in [1.807, 2.05) is 0 Å². The molecule has 0 unspecified atom stereocenters. The Labute approximate surface area is 107 Å². The van der Waals surface area contributed by atoms with Crippen LogP contribution in [-0.4, -0.2) is 4.98 Å². The van der Waals surface area contributed by atoms with Crippen molar-refractivity contribution in [3.05, 3.63) is 51.5 Å². The first-order chi connectivity index (χ1) is 7.58. The Bertz CT molecular complexity index is 519. The van der Waals surface area contributed by atoms with Gasteiger partial charge in [-0.2, -0.15) is 0 Å². The lowest BCUT2D eigenvalue weighted by Crippen LogP contribution is -1.86. The van der Waals surface area contributed by atoms with E-state index in [4.69, 9.17) is 34.8 Å². The molecule has 0 aliphatic carbocycles. The minimum absolute atomic E-state index is 0.366. The molecule has 1 nitrogen and oxygen atoms in total. The molecule has 2 rings (SSSR count). The highest BCUT2D eigenvalue weighted by molar-refractivity contribution is 6.41. The van der Waals surface area contributed by atoms with Gasteiger partial charge in [0.1, 0.15) is 5.82 Å². The fourth-order valence-corrected chi connectivity index (χ4v) is 2.40. The summed E-state index contributed by atoms with van der Waals surface area (Å²) in [6, 6.07) is 4.42. The molecule has 82 valence electrons. The van der Waals surface area contributed by atoms with Crippen molar-refractivity contribution in [2.24, 2.45) is 0 Å². The minimum Gasteiger partial charge on any atom is -0.261 e. The molecular formula is C11H5Cl3FN. The van der Waals surface area contributed by atoms with Crippen molar-refractivity contribution in [3.63, 3.8) is 0 Å². The van der Waals surface area contributed by atoms with Crippen molar-refractivity contribution >= 4 is 34.8 Å². The Balaban J connectivity index is 2.64. The van der Waals surface area contributed by atoms with Crippen LogP contribution in [-0.2, 0) is 0 Å². The van der Waals surface area contributed by atoms with Crippen LogP contribution in [0.5, 0.6) is 0 Å². The highest BCUT2D eigenvalue weighted by Crippen LogP contribution is 2.36. The van der Waals surface area contributed by atoms with E-state index in [2.05, 4.69) is 4.98 Å². The maximum absolute atomic E-state index is 13.0. The Morgan fingerprint density at radius 2 is 1.56 bits per heavy atom. The maximum Gasteiger partial charge on any atom is 0.142 e. The van der Waals surface area contributed by atoms with Crippen molar-refractivity contribution in [1.29, 1.82) is 0 Å². The molecular weight excluding hydrogens is 271 g/mol. The summed E-state index contributed by atoms with van der Waals surface area (Å²) >= 11 is 17.8. The predicted molar refractivity (Wildman–Crippen MR) is 64.7 cm³/mol. The van der Waals surface area contributed by atoms with Crippen LogP contribution >= 0.6 is 34.8 Å². The molecule has 0 saturated carbocycles. The van der Waals surface area contributed by atoms with Crippen LogP contribution in [0.2, 0.25) is 15.1 Å². The average Bonchev–Trinajstić information content (AvgIpc) is 2.15. The van der Waals surface area contributed by atoms with Crippen LogP contribution in [0, 0.1) is 5.82 Å². The van der Waals surface area contributed by atoms with Gasteiger partial charge >= 0.3 is 0 Å². The zero-order valence-electron chi connectivity index (χ0n) is 7.85. The topological polar surface area (TPSA) is 12.9 Å². The van der Waals surface area contributed by atoms with Crippen LogP contribution in [0.1, 0.15) is 0 Å². The van der Waals surface area contributed by atoms with Gasteiger partial charge in [0, 0.05) is 22.3 Å². The van der Waals surface area contributed by atoms with Crippen molar-refractivity contribution < 1.29 is 4.39 Å². The standard InChI is InChI=1S/C11H5Cl3FN/c12-7-2-9(13)11(10(14)3-7)6-1-8(15)5-16-4-6/h1-5H. The number of hydrogen-bond acceptors (Lipinski definition) is 1. The lowest BCUT2D eigenvalue weighted by atomic mass is 10.1. The van der Waals surface area contributed by atoms with Gasteiger partial charge in [0.15, 0.2) is 0 Å². The molecule has 0 saturated heterocycles. The molecule has 5 heteroatoms. The van der Waals surface area contributed by atoms with Crippen molar-refractivity contribution in [2.75, 3.05) is 0 Å². The predicted octanol–water partition coefficient (Wildman–Crippen LogP) is 4.85. The van der Waals surface area contributed by atoms with Gasteiger partial charge in [-0.1, -0.05) is 34.8 Å². The monoisotopic (exact) mass is 275 g/mol. The molecule has 0 radical (unpaired) electrons. The van der Waals surface area contributed by atoms with Gasteiger partial charge in [-0.25, -0.2) is 4.39 Å². The fourth-order valence-electron chi connectivity index (χ4n) is 1.37. The van der Waals surface area contributed by atoms with Gasteiger partial charge in [-0.3, -0.25) is 4.98 Å². The summed E-state index contributed by atoms with van der Waals surface area (Å²) in [7, 11) is 0. The Kier molecular flexibility index (Phi) is 3.33. The van der Waals surface area contributed by atoms with Crippen molar-refractivity contribution in [1.82, 2.24) is 4.98 Å². The summed E-state index contributed by atoms with van der Waals surface area (Å²) in [6.45, 7) is 0. The molecule has 0 N–H and O–H groups in total. The molecule has 1 heterocycles. The second-order valence-corrected chi connectivity index (χ2v) is 4.39. The van der Waals surface area contributed by atoms with Crippen LogP contribution in [0.25, 0.3) is 11.1 Å². The lowest BCUT2D eigenvalue weighted by molar-refractivity contribution is 0.622. The smallest absolute Gasteiger partial charge is 0.142 e. The second-order valence-electron chi connectivity index (χ2n) is 3.14. The Hall–Kier alpha value is -0.830. The fraction of sp³-hybridized carbons (Fsp3) is 0. The molecule has 0 spiro atoms. The van der Waals surface area contributed by atoms with Crippen molar-refractivity contribution in [2.45, 2.75) is 0 Å². The summed E-state index contributed by atoms with van der Waals surface area (Å²) in [4.78, 5) is 3.74. The van der Waals surface area contributed by atoms with E-state index >= 15 is 0 Å². The van der Waals surface area contributed by atoms with Gasteiger partial charge < -0.3 is 0 Å². The quantitative estimate of drug-likeness (QED) is 0.725. The number of hydrogen-bond donors (Lipinski definition) is 0. The number of rotatable bonds is 1. The maximum atomic E-state index is 13.0. The summed E-state index contributed by atoms with van der Waals surface area (Å²) in [6.07, 6.45) is 2.60. The van der Waals surface area contributed by atoms with Gasteiger partial charge in [0.25, 0.3) is 0 Å². The molecule has 0 atom stereocenters. The molecule has 16 heavy (non-hydrogen) atoms. The van der Waals surface area contributed by atoms with Crippen LogP contribution in [0.15, 0.2) is 30.6 Å². The van der Waals surface area contributed by atoms with Gasteiger partial charge in [0.2, 0.25) is 0 Å². The van der Waals surface area contributed by atoms with E-state index in [0.717, 1.165) is 6.20 Å². The third kappa shape index (κ3) is 2.29. The summed E-state index contributed by atoms with van der Waals surface area (Å²) in [5.74, 6) is -0.445. The number of halogens is 4. The molecule has 0 fully saturated rings. The first-order valence-corrected chi connectivity index (χ1v) is 5.47. The van der Waals surface area contributed by atoms with E-state index in [1.165, 1.54) is 12.3 Å². The molecule has 0 bridgehead atoms. The molecule has 0 aliphatic heterocycles. The SMILES string of the molecule is Fc1cncc(-c2c(Cl)cc(Cl)cc2Cl)c1. The number of benzene rings is 1. The van der Waals surface area contributed by atoms with E-state index in [0.29, 0.717) is 26.2 Å². The summed E-state index contributed by atoms with van der Waals surface area (Å²) < 4.78 is 13.0. The number of nitrogens with zero attached hydrogens (tertiary/aromatic N) is 1. The number of aromatic nitrogens is 1. The summed E-state index contributed by atoms with van der Waals surface area (Å²) in [5.41, 5.74) is 1.05. The lowest BCUT2D eigenvalue weighted by Gasteiger charge is -2.07. The Morgan fingerprint density at radius 1 is 0.938 bits per heavy atom. The third-order valence-corrected chi connectivity index (χ3v) is 2.81. The molecule has 1 aromatic carbocycles. The second kappa shape index (κ2) is 4.58. The molecule has 1 aromatic heterocycles. The number of pyridine rings is 1. The zero-order chi connectivity index (χ0) is 11.7.